The van der Waals surface area contributed by atoms with Crippen LogP contribution in [0.2, 0.25) is 0 Å². The van der Waals surface area contributed by atoms with Crippen LogP contribution < -0.4 is 0 Å². The highest BCUT2D eigenvalue weighted by Crippen LogP contribution is 1.94. The van der Waals surface area contributed by atoms with Gasteiger partial charge in [-0.3, -0.25) is 0 Å². The molecular formula is C5H6O5S. The Kier molecular flexibility index (Phi) is 3.32. The third kappa shape index (κ3) is 5.16. The standard InChI is InChI=1S/C5H6O5S/c1-2-10-11(8,9)4-3-5(6)7/h2-4H,1H2,(H,6,7). The van der Waals surface area contributed by atoms with Crippen LogP contribution in [0.15, 0.2) is 24.3 Å². The minimum absolute atomic E-state index is 0.428. The van der Waals surface area contributed by atoms with E-state index in [9.17, 15) is 13.2 Å². The first-order chi connectivity index (χ1) is 4.98. The van der Waals surface area contributed by atoms with E-state index in [1.165, 1.54) is 0 Å². The highest BCUT2D eigenvalue weighted by molar-refractivity contribution is 7.89. The van der Waals surface area contributed by atoms with E-state index in [0.29, 0.717) is 17.7 Å². The molecule has 0 spiro atoms. The Balaban J connectivity index is 4.36. The molecule has 5 nitrogen and oxygen atoms in total. The molecule has 0 atom stereocenters. The van der Waals surface area contributed by atoms with Crippen molar-refractivity contribution in [2.75, 3.05) is 0 Å². The fourth-order valence-electron chi connectivity index (χ4n) is 0.268. The summed E-state index contributed by atoms with van der Waals surface area (Å²) in [5.41, 5.74) is 0. The maximum atomic E-state index is 10.5. The smallest absolute Gasteiger partial charge is 0.331 e. The molecule has 6 heteroatoms. The third-order valence-electron chi connectivity index (χ3n) is 0.579. The molecule has 0 saturated carbocycles. The predicted molar refractivity (Wildman–Crippen MR) is 37.0 cm³/mol. The van der Waals surface area contributed by atoms with Gasteiger partial charge in [-0.25, -0.2) is 4.79 Å². The second-order valence-corrected chi connectivity index (χ2v) is 2.85. The monoisotopic (exact) mass is 178 g/mol. The highest BCUT2D eigenvalue weighted by Gasteiger charge is 2.02. The van der Waals surface area contributed by atoms with E-state index in [-0.39, 0.29) is 0 Å². The summed E-state index contributed by atoms with van der Waals surface area (Å²) in [6, 6.07) is 0. The minimum atomic E-state index is -3.91. The lowest BCUT2D eigenvalue weighted by Crippen LogP contribution is -1.97. The summed E-state index contributed by atoms with van der Waals surface area (Å²) in [4.78, 5) is 9.82. The van der Waals surface area contributed by atoms with Gasteiger partial charge in [0.05, 0.1) is 11.7 Å². The van der Waals surface area contributed by atoms with Gasteiger partial charge in [-0.05, 0) is 0 Å². The summed E-state index contributed by atoms with van der Waals surface area (Å²) < 4.78 is 24.9. The highest BCUT2D eigenvalue weighted by atomic mass is 32.2. The Bertz CT molecular complexity index is 273. The van der Waals surface area contributed by atoms with E-state index in [1.54, 1.807) is 0 Å². The fraction of sp³-hybridized carbons (Fsp3) is 0. The molecular weight excluding hydrogens is 172 g/mol. The zero-order valence-electron chi connectivity index (χ0n) is 5.43. The van der Waals surface area contributed by atoms with Gasteiger partial charge < -0.3 is 9.29 Å². The van der Waals surface area contributed by atoms with Crippen LogP contribution in [0.1, 0.15) is 0 Å². The van der Waals surface area contributed by atoms with Gasteiger partial charge in [0.2, 0.25) is 0 Å². The summed E-state index contributed by atoms with van der Waals surface area (Å²) in [6.07, 6.45) is 1.15. The lowest BCUT2D eigenvalue weighted by Gasteiger charge is -1.92. The molecule has 1 N–H and O–H groups in total. The summed E-state index contributed by atoms with van der Waals surface area (Å²) in [5, 5.41) is 8.44. The van der Waals surface area contributed by atoms with E-state index in [4.69, 9.17) is 5.11 Å². The Morgan fingerprint density at radius 2 is 2.09 bits per heavy atom. The molecule has 0 aliphatic heterocycles. The maximum Gasteiger partial charge on any atom is 0.331 e. The van der Waals surface area contributed by atoms with Crippen LogP contribution in [0.3, 0.4) is 0 Å². The van der Waals surface area contributed by atoms with E-state index in [2.05, 4.69) is 10.8 Å². The number of rotatable bonds is 4. The van der Waals surface area contributed by atoms with Gasteiger partial charge in [-0.1, -0.05) is 6.58 Å². The van der Waals surface area contributed by atoms with E-state index in [0.717, 1.165) is 0 Å². The third-order valence-corrected chi connectivity index (χ3v) is 1.45. The molecule has 0 heterocycles. The molecule has 0 aliphatic rings. The molecule has 62 valence electrons. The topological polar surface area (TPSA) is 80.7 Å². The first-order valence-corrected chi connectivity index (χ1v) is 3.90. The summed E-state index contributed by atoms with van der Waals surface area (Å²) in [7, 11) is -3.91. The van der Waals surface area contributed by atoms with Gasteiger partial charge in [-0.15, -0.1) is 0 Å². The number of carboxylic acid groups (broad SMARTS) is 1. The van der Waals surface area contributed by atoms with Crippen molar-refractivity contribution in [1.82, 2.24) is 0 Å². The first-order valence-electron chi connectivity index (χ1n) is 2.43. The Morgan fingerprint density at radius 3 is 2.45 bits per heavy atom. The lowest BCUT2D eigenvalue weighted by molar-refractivity contribution is -0.131. The quantitative estimate of drug-likeness (QED) is 0.374. The SMILES string of the molecule is C=COS(=O)(=O)C=CC(=O)O. The second-order valence-electron chi connectivity index (χ2n) is 1.40. The van der Waals surface area contributed by atoms with Gasteiger partial charge in [0.1, 0.15) is 0 Å². The van der Waals surface area contributed by atoms with Crippen molar-refractivity contribution in [2.24, 2.45) is 0 Å². The van der Waals surface area contributed by atoms with Crippen molar-refractivity contribution in [2.45, 2.75) is 0 Å². The van der Waals surface area contributed by atoms with Crippen molar-refractivity contribution in [3.8, 4) is 0 Å². The van der Waals surface area contributed by atoms with Crippen molar-refractivity contribution < 1.29 is 22.5 Å². The van der Waals surface area contributed by atoms with Crippen LogP contribution in [0.4, 0.5) is 0 Å². The molecule has 11 heavy (non-hydrogen) atoms. The Labute approximate surface area is 63.7 Å². The Hall–Kier alpha value is -1.30. The predicted octanol–water partition coefficient (Wildman–Crippen LogP) is 0.0746. The zero-order valence-corrected chi connectivity index (χ0v) is 6.24. The molecule has 0 amide bonds. The van der Waals surface area contributed by atoms with Gasteiger partial charge in [-0.2, -0.15) is 8.42 Å². The number of carbonyl (C=O) groups is 1. The van der Waals surface area contributed by atoms with E-state index in [1.807, 2.05) is 0 Å². The van der Waals surface area contributed by atoms with Crippen molar-refractivity contribution in [3.05, 3.63) is 24.3 Å². The zero-order chi connectivity index (χ0) is 8.91. The van der Waals surface area contributed by atoms with Crippen LogP contribution in [-0.2, 0) is 19.1 Å². The van der Waals surface area contributed by atoms with Crippen LogP contribution in [-0.4, -0.2) is 19.5 Å². The molecule has 0 aromatic heterocycles. The van der Waals surface area contributed by atoms with Crippen LogP contribution in [0, 0.1) is 0 Å². The van der Waals surface area contributed by atoms with Gasteiger partial charge in [0.15, 0.2) is 0 Å². The van der Waals surface area contributed by atoms with Crippen molar-refractivity contribution >= 4 is 16.1 Å². The molecule has 0 aromatic carbocycles. The largest absolute Gasteiger partial charge is 0.478 e. The average molecular weight is 178 g/mol. The van der Waals surface area contributed by atoms with Crippen LogP contribution in [0.5, 0.6) is 0 Å². The van der Waals surface area contributed by atoms with Crippen molar-refractivity contribution in [3.63, 3.8) is 0 Å². The minimum Gasteiger partial charge on any atom is -0.478 e. The lowest BCUT2D eigenvalue weighted by atomic mass is 10.7. The number of hydrogen-bond acceptors (Lipinski definition) is 4. The Morgan fingerprint density at radius 1 is 1.55 bits per heavy atom. The first kappa shape index (κ1) is 9.70. The summed E-state index contributed by atoms with van der Waals surface area (Å²) in [5.74, 6) is -1.36. The molecule has 0 aromatic rings. The van der Waals surface area contributed by atoms with Crippen LogP contribution >= 0.6 is 0 Å². The molecule has 0 radical (unpaired) electrons. The molecule has 0 aliphatic carbocycles. The molecule has 0 bridgehead atoms. The molecule has 0 rings (SSSR count). The van der Waals surface area contributed by atoms with Gasteiger partial charge >= 0.3 is 16.1 Å². The summed E-state index contributed by atoms with van der Waals surface area (Å²) in [6.45, 7) is 2.99. The molecule has 0 saturated heterocycles. The summed E-state index contributed by atoms with van der Waals surface area (Å²) >= 11 is 0. The maximum absolute atomic E-state index is 10.5. The molecule has 0 fully saturated rings. The number of aliphatic carboxylic acids is 1. The average Bonchev–Trinajstić information content (AvgIpc) is 1.84. The van der Waals surface area contributed by atoms with E-state index < -0.39 is 16.1 Å². The van der Waals surface area contributed by atoms with Crippen LogP contribution in [0.25, 0.3) is 0 Å². The van der Waals surface area contributed by atoms with E-state index >= 15 is 0 Å². The van der Waals surface area contributed by atoms with Gasteiger partial charge in [0.25, 0.3) is 0 Å². The van der Waals surface area contributed by atoms with Gasteiger partial charge in [0, 0.05) is 6.08 Å². The number of carboxylic acids is 1. The molecule has 0 unspecified atom stereocenters. The number of hydrogen-bond donors (Lipinski definition) is 1. The fourth-order valence-corrected chi connectivity index (χ4v) is 0.805. The second kappa shape index (κ2) is 3.77. The normalized spacial score (nSPS) is 11.3. The van der Waals surface area contributed by atoms with Crippen molar-refractivity contribution in [1.29, 1.82) is 0 Å².